The number of likely N-dealkylation sites (N-methyl/N-ethyl adjacent to an activating group) is 1. The molecule has 1 aliphatic heterocycles. The zero-order valence-corrected chi connectivity index (χ0v) is 13.5. The van der Waals surface area contributed by atoms with Crippen molar-refractivity contribution in [3.63, 3.8) is 0 Å². The number of halogens is 3. The third-order valence-corrected chi connectivity index (χ3v) is 4.76. The number of aromatic amines is 1. The number of anilines is 1. The van der Waals surface area contributed by atoms with Gasteiger partial charge in [-0.2, -0.15) is 13.2 Å². The minimum Gasteiger partial charge on any atom is -0.369 e. The second-order valence-electron chi connectivity index (χ2n) is 6.26. The van der Waals surface area contributed by atoms with Crippen LogP contribution in [0.5, 0.6) is 0 Å². The van der Waals surface area contributed by atoms with Crippen molar-refractivity contribution in [1.29, 1.82) is 0 Å². The van der Waals surface area contributed by atoms with Gasteiger partial charge in [0.15, 0.2) is 0 Å². The maximum absolute atomic E-state index is 12.7. The lowest BCUT2D eigenvalue weighted by Gasteiger charge is -2.42. The van der Waals surface area contributed by atoms with E-state index in [0.717, 1.165) is 21.6 Å². The van der Waals surface area contributed by atoms with Gasteiger partial charge in [-0.3, -0.25) is 4.79 Å². The molecule has 5 nitrogen and oxygen atoms in total. The highest BCUT2D eigenvalue weighted by Gasteiger charge is 2.45. The first-order valence-corrected chi connectivity index (χ1v) is 7.80. The molecule has 1 saturated heterocycles. The number of carbonyl (C=O) groups is 1. The summed E-state index contributed by atoms with van der Waals surface area (Å²) in [5, 5.41) is 0.909. The van der Waals surface area contributed by atoms with E-state index < -0.39 is 12.1 Å². The van der Waals surface area contributed by atoms with Crippen LogP contribution in [0, 0.1) is 5.92 Å². The SMILES string of the molecule is C[C@@H]1CCN(C(=O)C(F)(F)F)C[C@@H]1N(C)c1ccnc2[nH]ccc12. The highest BCUT2D eigenvalue weighted by Crippen LogP contribution is 2.31. The van der Waals surface area contributed by atoms with Crippen LogP contribution in [0.2, 0.25) is 0 Å². The van der Waals surface area contributed by atoms with Gasteiger partial charge in [-0.25, -0.2) is 4.98 Å². The van der Waals surface area contributed by atoms with Gasteiger partial charge in [0.05, 0.1) is 0 Å². The first-order valence-electron chi connectivity index (χ1n) is 7.80. The first-order chi connectivity index (χ1) is 11.3. The number of alkyl halides is 3. The van der Waals surface area contributed by atoms with E-state index in [9.17, 15) is 18.0 Å². The van der Waals surface area contributed by atoms with E-state index in [2.05, 4.69) is 9.97 Å². The standard InChI is InChI=1S/C16H19F3N4O/c1-10-5-8-23(15(24)16(17,18)19)9-13(10)22(2)12-4-7-21-14-11(12)3-6-20-14/h3-4,6-7,10,13H,5,8-9H2,1-2H3,(H,20,21)/t10-,13+/m1/s1. The average Bonchev–Trinajstić information content (AvgIpc) is 3.01. The van der Waals surface area contributed by atoms with Crippen LogP contribution < -0.4 is 4.90 Å². The Morgan fingerprint density at radius 3 is 2.88 bits per heavy atom. The molecule has 8 heteroatoms. The van der Waals surface area contributed by atoms with Crippen molar-refractivity contribution in [1.82, 2.24) is 14.9 Å². The molecule has 0 aliphatic carbocycles. The molecule has 0 aromatic carbocycles. The summed E-state index contributed by atoms with van der Waals surface area (Å²) >= 11 is 0. The number of piperidine rings is 1. The summed E-state index contributed by atoms with van der Waals surface area (Å²) in [6.45, 7) is 2.20. The van der Waals surface area contributed by atoms with Crippen molar-refractivity contribution in [2.45, 2.75) is 25.6 Å². The number of rotatable bonds is 2. The van der Waals surface area contributed by atoms with Crippen molar-refractivity contribution >= 4 is 22.6 Å². The molecule has 0 spiro atoms. The topological polar surface area (TPSA) is 52.2 Å². The lowest BCUT2D eigenvalue weighted by atomic mass is 9.91. The molecule has 2 atom stereocenters. The second kappa shape index (κ2) is 5.99. The normalized spacial score (nSPS) is 22.0. The molecular formula is C16H19F3N4O. The molecule has 0 radical (unpaired) electrons. The van der Waals surface area contributed by atoms with Crippen molar-refractivity contribution in [2.24, 2.45) is 5.92 Å². The molecule has 1 amide bonds. The van der Waals surface area contributed by atoms with Crippen LogP contribution in [0.1, 0.15) is 13.3 Å². The van der Waals surface area contributed by atoms with E-state index in [1.54, 1.807) is 12.4 Å². The van der Waals surface area contributed by atoms with E-state index in [-0.39, 0.29) is 25.0 Å². The van der Waals surface area contributed by atoms with Crippen molar-refractivity contribution in [2.75, 3.05) is 25.0 Å². The fourth-order valence-corrected chi connectivity index (χ4v) is 3.35. The number of amides is 1. The smallest absolute Gasteiger partial charge is 0.369 e. The Hall–Kier alpha value is -2.25. The van der Waals surface area contributed by atoms with Crippen molar-refractivity contribution < 1.29 is 18.0 Å². The Bertz CT molecular complexity index is 742. The Kier molecular flexibility index (Phi) is 4.15. The molecule has 2 aromatic heterocycles. The number of hydrogen-bond acceptors (Lipinski definition) is 3. The van der Waals surface area contributed by atoms with E-state index in [4.69, 9.17) is 0 Å². The first kappa shape index (κ1) is 16.6. The lowest BCUT2D eigenvalue weighted by molar-refractivity contribution is -0.187. The lowest BCUT2D eigenvalue weighted by Crippen LogP contribution is -2.55. The van der Waals surface area contributed by atoms with Crippen LogP contribution in [0.4, 0.5) is 18.9 Å². The van der Waals surface area contributed by atoms with Gasteiger partial charge >= 0.3 is 12.1 Å². The predicted octanol–water partition coefficient (Wildman–Crippen LogP) is 2.80. The third-order valence-electron chi connectivity index (χ3n) is 4.76. The fraction of sp³-hybridized carbons (Fsp3) is 0.500. The molecule has 1 fully saturated rings. The van der Waals surface area contributed by atoms with Crippen LogP contribution in [0.25, 0.3) is 11.0 Å². The maximum atomic E-state index is 12.7. The summed E-state index contributed by atoms with van der Waals surface area (Å²) in [6.07, 6.45) is -0.845. The van der Waals surface area contributed by atoms with Gasteiger partial charge in [-0.1, -0.05) is 6.92 Å². The molecule has 1 aliphatic rings. The molecule has 0 saturated carbocycles. The molecule has 0 bridgehead atoms. The Balaban J connectivity index is 1.86. The number of nitrogens with zero attached hydrogens (tertiary/aromatic N) is 3. The summed E-state index contributed by atoms with van der Waals surface area (Å²) in [5.41, 5.74) is 1.62. The fourth-order valence-electron chi connectivity index (χ4n) is 3.35. The minimum atomic E-state index is -4.83. The number of carbonyl (C=O) groups excluding carboxylic acids is 1. The van der Waals surface area contributed by atoms with E-state index in [1.807, 2.05) is 31.0 Å². The highest BCUT2D eigenvalue weighted by atomic mass is 19.4. The molecule has 3 heterocycles. The zero-order chi connectivity index (χ0) is 17.5. The molecule has 130 valence electrons. The number of pyridine rings is 1. The van der Waals surface area contributed by atoms with Crippen LogP contribution in [0.3, 0.4) is 0 Å². The van der Waals surface area contributed by atoms with Crippen LogP contribution in [-0.4, -0.2) is 53.1 Å². The summed E-state index contributed by atoms with van der Waals surface area (Å²) in [5.74, 6) is -1.58. The van der Waals surface area contributed by atoms with Gasteiger partial charge in [0.1, 0.15) is 5.65 Å². The predicted molar refractivity (Wildman–Crippen MR) is 84.7 cm³/mol. The van der Waals surface area contributed by atoms with E-state index in [0.29, 0.717) is 6.42 Å². The largest absolute Gasteiger partial charge is 0.471 e. The number of fused-ring (bicyclic) bond motifs is 1. The number of hydrogen-bond donors (Lipinski definition) is 1. The quantitative estimate of drug-likeness (QED) is 0.915. The molecule has 24 heavy (non-hydrogen) atoms. The highest BCUT2D eigenvalue weighted by molar-refractivity contribution is 5.89. The molecular weight excluding hydrogens is 321 g/mol. The van der Waals surface area contributed by atoms with E-state index >= 15 is 0 Å². The summed E-state index contributed by atoms with van der Waals surface area (Å²) in [4.78, 5) is 21.7. The van der Waals surface area contributed by atoms with Gasteiger partial charge in [-0.05, 0) is 24.5 Å². The number of nitrogens with one attached hydrogen (secondary N) is 1. The Morgan fingerprint density at radius 1 is 1.42 bits per heavy atom. The van der Waals surface area contributed by atoms with E-state index in [1.165, 1.54) is 0 Å². The van der Waals surface area contributed by atoms with Gasteiger partial charge in [0, 0.05) is 49.6 Å². The number of likely N-dealkylation sites (tertiary alicyclic amines) is 1. The molecule has 3 rings (SSSR count). The number of aromatic nitrogens is 2. The summed E-state index contributed by atoms with van der Waals surface area (Å²) in [7, 11) is 1.85. The second-order valence-corrected chi connectivity index (χ2v) is 6.26. The maximum Gasteiger partial charge on any atom is 0.471 e. The monoisotopic (exact) mass is 340 g/mol. The van der Waals surface area contributed by atoms with Crippen LogP contribution in [0.15, 0.2) is 24.5 Å². The van der Waals surface area contributed by atoms with Crippen molar-refractivity contribution in [3.8, 4) is 0 Å². The third kappa shape index (κ3) is 2.92. The molecule has 2 aromatic rings. The van der Waals surface area contributed by atoms with Crippen molar-refractivity contribution in [3.05, 3.63) is 24.5 Å². The van der Waals surface area contributed by atoms with Gasteiger partial charge in [0.2, 0.25) is 0 Å². The van der Waals surface area contributed by atoms with Gasteiger partial charge in [0.25, 0.3) is 0 Å². The summed E-state index contributed by atoms with van der Waals surface area (Å²) < 4.78 is 38.2. The van der Waals surface area contributed by atoms with Gasteiger partial charge < -0.3 is 14.8 Å². The number of H-pyrrole nitrogens is 1. The van der Waals surface area contributed by atoms with Crippen LogP contribution in [-0.2, 0) is 4.79 Å². The molecule has 0 unspecified atom stereocenters. The van der Waals surface area contributed by atoms with Crippen LogP contribution >= 0.6 is 0 Å². The Morgan fingerprint density at radius 2 is 2.17 bits per heavy atom. The molecule has 1 N–H and O–H groups in total. The minimum absolute atomic E-state index is 0.0598. The average molecular weight is 340 g/mol. The Labute approximate surface area is 137 Å². The van der Waals surface area contributed by atoms with Gasteiger partial charge in [-0.15, -0.1) is 0 Å². The summed E-state index contributed by atoms with van der Waals surface area (Å²) in [6, 6.07) is 3.54. The zero-order valence-electron chi connectivity index (χ0n) is 13.5.